The smallest absolute Gasteiger partial charge is 0.0993 e. The van der Waals surface area contributed by atoms with Crippen molar-refractivity contribution in [1.29, 1.82) is 10.5 Å². The van der Waals surface area contributed by atoms with Crippen molar-refractivity contribution in [2.75, 3.05) is 0 Å². The standard InChI is InChI=1S/C118H86N8/c1-70-42-71(2)47-89(46-70)85-35-40-109-101(62-85)97-28-18-21-31-107(97)123(109)113-58-81(68-119)59-114(118(113)94-64-103(83-22-12-10-13-23-83)122-104(65-94)84-24-14-11-15-25-84)124-108-39-32-79(57-100(108)102-63-86(36-41-110(102)124)90-48-72(3)43-73(4)49-90)55-80-45-76(7)52-92(56-80)88-34-38-99-96-27-17-20-30-106(96)126(112(99)67-88)116-61-82(69-120)60-115(117(116)93-53-77(8)121-78(9)54-93)125-105-29-19-16-26-95(105)98-37-33-87(66-111(98)125)91-50-74(5)44-75(6)51-91/h10-54,56-67H,55H2,1-9H3. The first-order valence-electron chi connectivity index (χ1n) is 43.3. The van der Waals surface area contributed by atoms with Crippen molar-refractivity contribution in [3.05, 3.63) is 418 Å². The summed E-state index contributed by atoms with van der Waals surface area (Å²) in [7, 11) is 0. The Morgan fingerprint density at radius 3 is 0.952 bits per heavy atom. The minimum atomic E-state index is 0.525. The molecule has 0 fully saturated rings. The van der Waals surface area contributed by atoms with E-state index in [2.05, 4.69) is 439 Å². The van der Waals surface area contributed by atoms with Crippen molar-refractivity contribution >= 4 is 87.2 Å². The predicted octanol–water partition coefficient (Wildman–Crippen LogP) is 30.3. The summed E-state index contributed by atoms with van der Waals surface area (Å²) < 4.78 is 9.65. The lowest BCUT2D eigenvalue weighted by Gasteiger charge is -2.22. The van der Waals surface area contributed by atoms with Gasteiger partial charge in [0.2, 0.25) is 0 Å². The third-order valence-electron chi connectivity index (χ3n) is 25.4. The number of aryl methyl sites for hydroxylation is 9. The molecule has 0 aliphatic heterocycles. The molecule has 16 aromatic carbocycles. The van der Waals surface area contributed by atoms with Crippen LogP contribution in [-0.4, -0.2) is 28.2 Å². The second kappa shape index (κ2) is 30.3. The average Bonchev–Trinajstić information content (AvgIpc) is 1.54. The highest BCUT2D eigenvalue weighted by Gasteiger charge is 2.29. The number of hydrogen-bond donors (Lipinski definition) is 0. The third-order valence-corrected chi connectivity index (χ3v) is 25.4. The maximum Gasteiger partial charge on any atom is 0.0993 e. The van der Waals surface area contributed by atoms with Crippen LogP contribution in [0, 0.1) is 85.0 Å². The van der Waals surface area contributed by atoms with Crippen LogP contribution in [-0.2, 0) is 6.42 Å². The van der Waals surface area contributed by atoms with Gasteiger partial charge >= 0.3 is 0 Å². The lowest BCUT2D eigenvalue weighted by molar-refractivity contribution is 1.11. The van der Waals surface area contributed by atoms with E-state index >= 15 is 0 Å². The predicted molar refractivity (Wildman–Crippen MR) is 524 cm³/mol. The van der Waals surface area contributed by atoms with Crippen molar-refractivity contribution in [3.63, 3.8) is 0 Å². The van der Waals surface area contributed by atoms with E-state index in [4.69, 9.17) is 9.97 Å². The number of nitriles is 2. The Balaban J connectivity index is 0.736. The van der Waals surface area contributed by atoms with Gasteiger partial charge in [-0.1, -0.05) is 269 Å². The molecule has 0 radical (unpaired) electrons. The van der Waals surface area contributed by atoms with Crippen molar-refractivity contribution in [3.8, 4) is 124 Å². The zero-order valence-electron chi connectivity index (χ0n) is 71.7. The molecule has 0 spiro atoms. The molecule has 0 amide bonds. The first kappa shape index (κ1) is 76.2. The monoisotopic (exact) mass is 1610 g/mol. The molecule has 0 aliphatic rings. The molecule has 0 saturated heterocycles. The van der Waals surface area contributed by atoms with Gasteiger partial charge in [-0.2, -0.15) is 10.5 Å². The second-order valence-electron chi connectivity index (χ2n) is 34.7. The molecule has 126 heavy (non-hydrogen) atoms. The van der Waals surface area contributed by atoms with E-state index in [1.165, 1.54) is 44.5 Å². The molecule has 0 bridgehead atoms. The van der Waals surface area contributed by atoms with Crippen LogP contribution in [0.3, 0.4) is 0 Å². The fraction of sp³-hybridized carbons (Fsp3) is 0.0847. The van der Waals surface area contributed by atoms with Crippen LogP contribution in [0.2, 0.25) is 0 Å². The van der Waals surface area contributed by atoms with Gasteiger partial charge < -0.3 is 18.3 Å². The SMILES string of the molecule is Cc1cc(C)cc(-c2ccc3c(c2)c2ccccc2n3-c2cc(C#N)cc(-n3c4ccc(Cc5cc(C)cc(-c6ccc7c8ccccc8n(-c8cc(C#N)cc(-n9c%10ccccc%10c%10ccc(-c%11cc(C)cc(C)c%11)cc%109)c8-c8cc(C)nc(C)c8)c7c6)c5)cc4c4cc(-c5cc(C)cc(C)c5)ccc43)c2-c2cc(-c3ccccc3)nc(-c3ccccc3)c2)c1. The van der Waals surface area contributed by atoms with Crippen LogP contribution >= 0.6 is 0 Å². The van der Waals surface area contributed by atoms with Crippen LogP contribution in [0.15, 0.2) is 346 Å². The third kappa shape index (κ3) is 13.2. The van der Waals surface area contributed by atoms with E-state index < -0.39 is 0 Å². The van der Waals surface area contributed by atoms with Gasteiger partial charge in [-0.25, -0.2) is 4.98 Å². The van der Waals surface area contributed by atoms with Crippen LogP contribution < -0.4 is 0 Å². The Morgan fingerprint density at radius 2 is 0.532 bits per heavy atom. The van der Waals surface area contributed by atoms with Crippen molar-refractivity contribution in [1.82, 2.24) is 28.2 Å². The zero-order chi connectivity index (χ0) is 85.4. The summed E-state index contributed by atoms with van der Waals surface area (Å²) in [4.78, 5) is 10.5. The molecule has 8 nitrogen and oxygen atoms in total. The number of para-hydroxylation sites is 3. The van der Waals surface area contributed by atoms with Crippen LogP contribution in [0.25, 0.3) is 199 Å². The normalized spacial score (nSPS) is 11.7. The highest BCUT2D eigenvalue weighted by molar-refractivity contribution is 6.16. The zero-order valence-corrected chi connectivity index (χ0v) is 71.7. The second-order valence-corrected chi connectivity index (χ2v) is 34.7. The Morgan fingerprint density at radius 1 is 0.214 bits per heavy atom. The fourth-order valence-electron chi connectivity index (χ4n) is 20.5. The van der Waals surface area contributed by atoms with E-state index in [0.717, 1.165) is 216 Å². The molecular weight excluding hydrogens is 1530 g/mol. The Labute approximate surface area is 732 Å². The lowest BCUT2D eigenvalue weighted by atomic mass is 9.95. The number of aromatic nitrogens is 6. The summed E-state index contributed by atoms with van der Waals surface area (Å²) in [6, 6.07) is 132. The van der Waals surface area contributed by atoms with Gasteiger partial charge in [-0.15, -0.1) is 0 Å². The molecule has 8 heteroatoms. The summed E-state index contributed by atoms with van der Waals surface area (Å²) in [6.45, 7) is 19.4. The van der Waals surface area contributed by atoms with Gasteiger partial charge in [0.15, 0.2) is 0 Å². The molecule has 0 saturated carbocycles. The van der Waals surface area contributed by atoms with Crippen molar-refractivity contribution in [2.24, 2.45) is 0 Å². The van der Waals surface area contributed by atoms with Gasteiger partial charge in [0.25, 0.3) is 0 Å². The Kier molecular flexibility index (Phi) is 18.3. The largest absolute Gasteiger partial charge is 0.308 e. The van der Waals surface area contributed by atoms with E-state index in [-0.39, 0.29) is 0 Å². The fourth-order valence-corrected chi connectivity index (χ4v) is 20.5. The van der Waals surface area contributed by atoms with Crippen LogP contribution in [0.5, 0.6) is 0 Å². The first-order chi connectivity index (χ1) is 61.5. The van der Waals surface area contributed by atoms with Gasteiger partial charge in [-0.3, -0.25) is 4.98 Å². The minimum Gasteiger partial charge on any atom is -0.308 e. The maximum absolute atomic E-state index is 11.7. The summed E-state index contributed by atoms with van der Waals surface area (Å²) in [5.41, 5.74) is 41.9. The summed E-state index contributed by atoms with van der Waals surface area (Å²) in [6.07, 6.45) is 0.642. The topological polar surface area (TPSA) is 93.1 Å². The van der Waals surface area contributed by atoms with Crippen LogP contribution in [0.4, 0.5) is 0 Å². The molecule has 598 valence electrons. The van der Waals surface area contributed by atoms with Crippen molar-refractivity contribution < 1.29 is 0 Å². The first-order valence-corrected chi connectivity index (χ1v) is 43.3. The molecular formula is C118H86N8. The van der Waals surface area contributed by atoms with Crippen molar-refractivity contribution in [2.45, 2.75) is 68.7 Å². The number of fused-ring (bicyclic) bond motifs is 12. The Bertz CT molecular complexity index is 8300. The molecule has 0 unspecified atom stereocenters. The summed E-state index contributed by atoms with van der Waals surface area (Å²) in [5, 5.41) is 32.1. The maximum atomic E-state index is 11.7. The van der Waals surface area contributed by atoms with E-state index in [9.17, 15) is 10.5 Å². The average molecular weight is 1620 g/mol. The number of benzene rings is 16. The lowest BCUT2D eigenvalue weighted by Crippen LogP contribution is -2.06. The molecule has 6 heterocycles. The van der Waals surface area contributed by atoms with E-state index in [1.54, 1.807) is 0 Å². The Hall–Kier alpha value is -16.0. The molecule has 22 aromatic rings. The van der Waals surface area contributed by atoms with Crippen LogP contribution in [0.1, 0.15) is 72.6 Å². The minimum absolute atomic E-state index is 0.525. The number of pyridine rings is 2. The van der Waals surface area contributed by atoms with Gasteiger partial charge in [0, 0.05) is 76.7 Å². The van der Waals surface area contributed by atoms with E-state index in [0.29, 0.717) is 17.5 Å². The van der Waals surface area contributed by atoms with Gasteiger partial charge in [0.1, 0.15) is 0 Å². The molecule has 0 N–H and O–H groups in total. The molecule has 22 rings (SSSR count). The molecule has 0 atom stereocenters. The summed E-state index contributed by atoms with van der Waals surface area (Å²) >= 11 is 0. The summed E-state index contributed by atoms with van der Waals surface area (Å²) in [5.74, 6) is 0. The molecule has 6 aromatic heterocycles. The highest BCUT2D eigenvalue weighted by Crippen LogP contribution is 2.49. The quantitative estimate of drug-likeness (QED) is 0.108. The molecule has 0 aliphatic carbocycles. The highest BCUT2D eigenvalue weighted by atomic mass is 15.0. The number of hydrogen-bond acceptors (Lipinski definition) is 4. The van der Waals surface area contributed by atoms with Gasteiger partial charge in [-0.05, 0) is 251 Å². The number of rotatable bonds is 14. The number of nitrogens with zero attached hydrogens (tertiary/aromatic N) is 8. The van der Waals surface area contributed by atoms with Gasteiger partial charge in [0.05, 0.1) is 102 Å². The van der Waals surface area contributed by atoms with E-state index in [1.807, 2.05) is 0 Å².